The number of hydrogen-bond acceptors (Lipinski definition) is 4. The number of ether oxygens (including phenoxy) is 1. The fraction of sp³-hybridized carbons (Fsp3) is 0.0625. The van der Waals surface area contributed by atoms with Gasteiger partial charge in [-0.25, -0.2) is 0 Å². The van der Waals surface area contributed by atoms with Crippen LogP contribution in [0, 0.1) is 11.3 Å². The summed E-state index contributed by atoms with van der Waals surface area (Å²) < 4.78 is 5.68. The molecule has 0 aliphatic rings. The van der Waals surface area contributed by atoms with E-state index in [4.69, 9.17) is 22.2 Å². The van der Waals surface area contributed by atoms with Gasteiger partial charge in [0, 0.05) is 5.69 Å². The molecule has 0 aromatic heterocycles. The van der Waals surface area contributed by atoms with Gasteiger partial charge in [0.05, 0.1) is 6.07 Å². The Kier molecular flexibility index (Phi) is 5.91. The molecule has 3 N–H and O–H groups in total. The highest BCUT2D eigenvalue weighted by Gasteiger charge is 2.02. The summed E-state index contributed by atoms with van der Waals surface area (Å²) in [5.41, 5.74) is 5.55. The van der Waals surface area contributed by atoms with Gasteiger partial charge in [0.15, 0.2) is 5.11 Å². The van der Waals surface area contributed by atoms with Gasteiger partial charge in [0.2, 0.25) is 0 Å². The molecular weight excluding hydrogens is 312 g/mol. The molecule has 23 heavy (non-hydrogen) atoms. The summed E-state index contributed by atoms with van der Waals surface area (Å²) in [4.78, 5) is 11.1. The molecule has 0 radical (unpaired) electrons. The van der Waals surface area contributed by atoms with Crippen LogP contribution in [0.15, 0.2) is 54.6 Å². The van der Waals surface area contributed by atoms with Crippen molar-refractivity contribution in [1.82, 2.24) is 10.9 Å². The Bertz CT molecular complexity index is 711. The summed E-state index contributed by atoms with van der Waals surface area (Å²) in [5, 5.41) is 11.5. The van der Waals surface area contributed by atoms with Crippen molar-refractivity contribution in [3.63, 3.8) is 0 Å². The van der Waals surface area contributed by atoms with Crippen molar-refractivity contribution in [2.45, 2.75) is 6.42 Å². The summed E-state index contributed by atoms with van der Waals surface area (Å²) in [6.07, 6.45) is -0.235. The van der Waals surface area contributed by atoms with Crippen molar-refractivity contribution in [3.05, 3.63) is 54.6 Å². The van der Waals surface area contributed by atoms with Crippen LogP contribution in [-0.4, -0.2) is 11.0 Å². The van der Waals surface area contributed by atoms with Crippen LogP contribution in [0.5, 0.6) is 11.5 Å². The Morgan fingerprint density at radius 3 is 2.35 bits per heavy atom. The average molecular weight is 326 g/mol. The molecule has 0 aliphatic carbocycles. The minimum atomic E-state index is -0.455. The largest absolute Gasteiger partial charge is 0.457 e. The van der Waals surface area contributed by atoms with Gasteiger partial charge in [-0.05, 0) is 48.6 Å². The van der Waals surface area contributed by atoms with E-state index in [9.17, 15) is 4.79 Å². The maximum absolute atomic E-state index is 11.1. The first-order valence-corrected chi connectivity index (χ1v) is 7.14. The van der Waals surface area contributed by atoms with Crippen molar-refractivity contribution >= 4 is 28.9 Å². The number of nitrogens with zero attached hydrogens (tertiary/aromatic N) is 1. The number of thiocarbonyl (C=S) groups is 1. The third kappa shape index (κ3) is 5.65. The van der Waals surface area contributed by atoms with Crippen LogP contribution in [-0.2, 0) is 4.79 Å². The monoisotopic (exact) mass is 326 g/mol. The molecule has 0 saturated heterocycles. The number of amides is 1. The molecule has 2 aromatic carbocycles. The van der Waals surface area contributed by atoms with Crippen molar-refractivity contribution in [1.29, 1.82) is 5.26 Å². The van der Waals surface area contributed by atoms with E-state index in [1.165, 1.54) is 0 Å². The third-order valence-electron chi connectivity index (χ3n) is 2.65. The van der Waals surface area contributed by atoms with Crippen molar-refractivity contribution in [3.8, 4) is 17.6 Å². The lowest BCUT2D eigenvalue weighted by molar-refractivity contribution is -0.120. The second-order valence-corrected chi connectivity index (χ2v) is 4.81. The first-order chi connectivity index (χ1) is 11.2. The highest BCUT2D eigenvalue weighted by Crippen LogP contribution is 2.22. The number of carbonyl (C=O) groups is 1. The van der Waals surface area contributed by atoms with Gasteiger partial charge in [0.25, 0.3) is 5.91 Å². The van der Waals surface area contributed by atoms with Crippen LogP contribution in [0.3, 0.4) is 0 Å². The zero-order valence-electron chi connectivity index (χ0n) is 12.1. The van der Waals surface area contributed by atoms with Gasteiger partial charge < -0.3 is 10.1 Å². The number of rotatable bonds is 4. The summed E-state index contributed by atoms with van der Waals surface area (Å²) in [7, 11) is 0. The first kappa shape index (κ1) is 16.3. The Labute approximate surface area is 139 Å². The van der Waals surface area contributed by atoms with Gasteiger partial charge in [-0.15, -0.1) is 0 Å². The third-order valence-corrected chi connectivity index (χ3v) is 2.85. The molecular formula is C16H14N4O2S. The molecule has 0 saturated carbocycles. The molecule has 1 amide bonds. The molecule has 0 unspecified atom stereocenters. The molecule has 0 fully saturated rings. The van der Waals surface area contributed by atoms with Crippen LogP contribution >= 0.6 is 12.2 Å². The summed E-state index contributed by atoms with van der Waals surface area (Å²) >= 11 is 5.03. The maximum atomic E-state index is 11.1. The quantitative estimate of drug-likeness (QED) is 0.591. The van der Waals surface area contributed by atoms with E-state index in [2.05, 4.69) is 16.2 Å². The standard InChI is InChI=1S/C16H14N4O2S/c17-11-10-15(21)19-20-16(23)18-12-6-8-14(9-7-12)22-13-4-2-1-3-5-13/h1-9H,10H2,(H,19,21)(H2,18,20,23). The summed E-state index contributed by atoms with van der Waals surface area (Å²) in [6.45, 7) is 0. The number of para-hydroxylation sites is 1. The van der Waals surface area contributed by atoms with Gasteiger partial charge in [-0.1, -0.05) is 18.2 Å². The van der Waals surface area contributed by atoms with E-state index in [1.807, 2.05) is 30.3 Å². The number of anilines is 1. The lowest BCUT2D eigenvalue weighted by Gasteiger charge is -2.11. The second-order valence-electron chi connectivity index (χ2n) is 4.40. The van der Waals surface area contributed by atoms with Crippen LogP contribution < -0.4 is 20.9 Å². The van der Waals surface area contributed by atoms with Gasteiger partial charge in [-0.3, -0.25) is 15.6 Å². The van der Waals surface area contributed by atoms with E-state index >= 15 is 0 Å². The van der Waals surface area contributed by atoms with E-state index in [1.54, 1.807) is 30.3 Å². The fourth-order valence-electron chi connectivity index (χ4n) is 1.64. The predicted molar refractivity (Wildman–Crippen MR) is 90.7 cm³/mol. The zero-order valence-corrected chi connectivity index (χ0v) is 12.9. The SMILES string of the molecule is N#CCC(=O)NNC(=S)Nc1ccc(Oc2ccccc2)cc1. The molecule has 0 spiro atoms. The van der Waals surface area contributed by atoms with Crippen LogP contribution in [0.25, 0.3) is 0 Å². The highest BCUT2D eigenvalue weighted by atomic mass is 32.1. The molecule has 6 nitrogen and oxygen atoms in total. The van der Waals surface area contributed by atoms with Crippen LogP contribution in [0.2, 0.25) is 0 Å². The van der Waals surface area contributed by atoms with Gasteiger partial charge in [0.1, 0.15) is 17.9 Å². The summed E-state index contributed by atoms with van der Waals surface area (Å²) in [6, 6.07) is 18.4. The topological polar surface area (TPSA) is 86.2 Å². The minimum Gasteiger partial charge on any atom is -0.457 e. The Hall–Kier alpha value is -3.11. The molecule has 116 valence electrons. The smallest absolute Gasteiger partial charge is 0.252 e. The number of hydrazine groups is 1. The molecule has 0 atom stereocenters. The zero-order chi connectivity index (χ0) is 16.5. The first-order valence-electron chi connectivity index (χ1n) is 6.73. The number of nitriles is 1. The van der Waals surface area contributed by atoms with Gasteiger partial charge in [-0.2, -0.15) is 5.26 Å². The highest BCUT2D eigenvalue weighted by molar-refractivity contribution is 7.80. The molecule has 7 heteroatoms. The maximum Gasteiger partial charge on any atom is 0.252 e. The number of nitrogens with one attached hydrogen (secondary N) is 3. The Morgan fingerprint density at radius 2 is 1.70 bits per heavy atom. The molecule has 2 rings (SSSR count). The second kappa shape index (κ2) is 8.36. The van der Waals surface area contributed by atoms with Crippen molar-refractivity contribution in [2.75, 3.05) is 5.32 Å². The van der Waals surface area contributed by atoms with Gasteiger partial charge >= 0.3 is 0 Å². The van der Waals surface area contributed by atoms with Crippen molar-refractivity contribution < 1.29 is 9.53 Å². The lowest BCUT2D eigenvalue weighted by atomic mass is 10.3. The predicted octanol–water partition coefficient (Wildman–Crippen LogP) is 2.71. The average Bonchev–Trinajstić information content (AvgIpc) is 2.56. The Morgan fingerprint density at radius 1 is 1.04 bits per heavy atom. The molecule has 0 heterocycles. The van der Waals surface area contributed by atoms with E-state index in [0.29, 0.717) is 5.75 Å². The lowest BCUT2D eigenvalue weighted by Crippen LogP contribution is -2.43. The van der Waals surface area contributed by atoms with E-state index < -0.39 is 5.91 Å². The minimum absolute atomic E-state index is 0.216. The normalized spacial score (nSPS) is 9.35. The molecule has 0 bridgehead atoms. The van der Waals surface area contributed by atoms with Crippen molar-refractivity contribution in [2.24, 2.45) is 0 Å². The van der Waals surface area contributed by atoms with E-state index in [0.717, 1.165) is 11.4 Å². The summed E-state index contributed by atoms with van der Waals surface area (Å²) in [5.74, 6) is 0.997. The van der Waals surface area contributed by atoms with Crippen LogP contribution in [0.1, 0.15) is 6.42 Å². The van der Waals surface area contributed by atoms with Crippen LogP contribution in [0.4, 0.5) is 5.69 Å². The number of carbonyl (C=O) groups excluding carboxylic acids is 1. The fourth-order valence-corrected chi connectivity index (χ4v) is 1.80. The Balaban J connectivity index is 1.84. The number of hydrogen-bond donors (Lipinski definition) is 3. The molecule has 0 aliphatic heterocycles. The molecule has 2 aromatic rings. The number of benzene rings is 2. The van der Waals surface area contributed by atoms with E-state index in [-0.39, 0.29) is 11.5 Å².